The van der Waals surface area contributed by atoms with Crippen molar-refractivity contribution < 1.29 is 9.53 Å². The zero-order chi connectivity index (χ0) is 20.9. The standard InChI is InChI=1S/C25H23N3O2/c1-3-12-28-13-10-20-14-19(7-9-23(20)28)22-8-6-21(15-24(22)30-2)25(29)27-17-18-5-4-11-26-16-18/h4-9,11,14-16H,10,13,17H2,1-2H3,(H,27,29). The number of methoxy groups -OCH3 is 1. The van der Waals surface area contributed by atoms with Crippen molar-refractivity contribution in [1.82, 2.24) is 10.3 Å². The summed E-state index contributed by atoms with van der Waals surface area (Å²) in [5, 5.41) is 2.92. The predicted molar refractivity (Wildman–Crippen MR) is 118 cm³/mol. The highest BCUT2D eigenvalue weighted by Crippen LogP contribution is 2.36. The molecule has 1 amide bonds. The number of hydrogen-bond donors (Lipinski definition) is 1. The Balaban J connectivity index is 1.55. The van der Waals surface area contributed by atoms with Crippen LogP contribution in [0.4, 0.5) is 5.69 Å². The van der Waals surface area contributed by atoms with Gasteiger partial charge in [-0.1, -0.05) is 18.1 Å². The summed E-state index contributed by atoms with van der Waals surface area (Å²) >= 11 is 0. The number of hydrogen-bond acceptors (Lipinski definition) is 4. The van der Waals surface area contributed by atoms with E-state index in [1.54, 1.807) is 25.6 Å². The molecule has 2 aromatic carbocycles. The van der Waals surface area contributed by atoms with Gasteiger partial charge in [-0.15, -0.1) is 0 Å². The quantitative estimate of drug-likeness (QED) is 0.661. The van der Waals surface area contributed by atoms with Gasteiger partial charge in [0.25, 0.3) is 5.91 Å². The topological polar surface area (TPSA) is 54.5 Å². The summed E-state index contributed by atoms with van der Waals surface area (Å²) in [6, 6.07) is 18.9. The highest BCUT2D eigenvalue weighted by atomic mass is 16.5. The highest BCUT2D eigenvalue weighted by molar-refractivity contribution is 5.95. The lowest BCUT2D eigenvalue weighted by Crippen LogP contribution is -2.22. The number of anilines is 1. The number of benzene rings is 2. The second-order valence-electron chi connectivity index (χ2n) is 7.07. The van der Waals surface area contributed by atoms with Crippen molar-refractivity contribution in [3.8, 4) is 28.8 Å². The van der Waals surface area contributed by atoms with Crippen LogP contribution in [0.1, 0.15) is 28.4 Å². The Morgan fingerprint density at radius 3 is 2.90 bits per heavy atom. The van der Waals surface area contributed by atoms with E-state index in [1.807, 2.05) is 31.2 Å². The van der Waals surface area contributed by atoms with E-state index in [0.717, 1.165) is 29.7 Å². The monoisotopic (exact) mass is 397 g/mol. The lowest BCUT2D eigenvalue weighted by Gasteiger charge is -2.14. The molecule has 1 aromatic heterocycles. The fourth-order valence-electron chi connectivity index (χ4n) is 3.68. The molecule has 1 aliphatic rings. The third-order valence-electron chi connectivity index (χ3n) is 5.17. The average molecular weight is 397 g/mol. The number of fused-ring (bicyclic) bond motifs is 1. The van der Waals surface area contributed by atoms with Crippen LogP contribution in [0, 0.1) is 12.0 Å². The van der Waals surface area contributed by atoms with Crippen LogP contribution in [0.3, 0.4) is 0 Å². The van der Waals surface area contributed by atoms with Crippen LogP contribution >= 0.6 is 0 Å². The average Bonchev–Trinajstić information content (AvgIpc) is 3.20. The zero-order valence-electron chi connectivity index (χ0n) is 17.1. The molecule has 0 saturated carbocycles. The van der Waals surface area contributed by atoms with Crippen LogP contribution < -0.4 is 15.0 Å². The van der Waals surface area contributed by atoms with Crippen LogP contribution in [-0.2, 0) is 13.0 Å². The lowest BCUT2D eigenvalue weighted by molar-refractivity contribution is 0.0950. The normalized spacial score (nSPS) is 12.0. The molecular formula is C25H23N3O2. The van der Waals surface area contributed by atoms with E-state index >= 15 is 0 Å². The Labute approximate surface area is 176 Å². The first-order valence-electron chi connectivity index (χ1n) is 9.88. The van der Waals surface area contributed by atoms with Gasteiger partial charge in [-0.05, 0) is 66.4 Å². The van der Waals surface area contributed by atoms with Crippen LogP contribution in [0.25, 0.3) is 11.1 Å². The number of carbonyl (C=O) groups is 1. The van der Waals surface area contributed by atoms with Gasteiger partial charge in [0.2, 0.25) is 0 Å². The molecule has 150 valence electrons. The second-order valence-corrected chi connectivity index (χ2v) is 7.07. The van der Waals surface area contributed by atoms with Crippen molar-refractivity contribution in [2.24, 2.45) is 0 Å². The Bertz CT molecular complexity index is 1130. The first-order valence-corrected chi connectivity index (χ1v) is 9.88. The molecule has 0 fully saturated rings. The van der Waals surface area contributed by atoms with Crippen LogP contribution in [0.5, 0.6) is 5.75 Å². The third-order valence-corrected chi connectivity index (χ3v) is 5.17. The van der Waals surface area contributed by atoms with Crippen molar-refractivity contribution in [1.29, 1.82) is 0 Å². The first kappa shape index (κ1) is 19.5. The number of nitrogens with zero attached hydrogens (tertiary/aromatic N) is 2. The molecular weight excluding hydrogens is 374 g/mol. The van der Waals surface area contributed by atoms with E-state index < -0.39 is 0 Å². The predicted octanol–water partition coefficient (Wildman–Crippen LogP) is 4.03. The van der Waals surface area contributed by atoms with Crippen LogP contribution in [0.15, 0.2) is 60.9 Å². The molecule has 0 spiro atoms. The Hall–Kier alpha value is -3.78. The van der Waals surface area contributed by atoms with Gasteiger partial charge < -0.3 is 15.0 Å². The van der Waals surface area contributed by atoms with Gasteiger partial charge in [-0.3, -0.25) is 9.78 Å². The van der Waals surface area contributed by atoms with Gasteiger partial charge in [-0.2, -0.15) is 0 Å². The molecule has 0 aliphatic carbocycles. The van der Waals surface area contributed by atoms with Crippen molar-refractivity contribution in [3.05, 3.63) is 77.6 Å². The molecule has 1 N–H and O–H groups in total. The van der Waals surface area contributed by atoms with E-state index in [1.165, 1.54) is 11.3 Å². The summed E-state index contributed by atoms with van der Waals surface area (Å²) in [7, 11) is 1.63. The van der Waals surface area contributed by atoms with E-state index in [2.05, 4.69) is 45.4 Å². The van der Waals surface area contributed by atoms with Gasteiger partial charge in [-0.25, -0.2) is 0 Å². The van der Waals surface area contributed by atoms with E-state index in [4.69, 9.17) is 4.74 Å². The maximum Gasteiger partial charge on any atom is 0.251 e. The molecule has 4 rings (SSSR count). The second kappa shape index (κ2) is 8.71. The number of pyridine rings is 1. The third kappa shape index (κ3) is 3.99. The summed E-state index contributed by atoms with van der Waals surface area (Å²) in [5.74, 6) is 3.49. The molecule has 3 aromatic rings. The van der Waals surface area contributed by atoms with Crippen LogP contribution in [0.2, 0.25) is 0 Å². The summed E-state index contributed by atoms with van der Waals surface area (Å²) in [6.45, 7) is 3.19. The maximum absolute atomic E-state index is 12.6. The van der Waals surface area contributed by atoms with E-state index in [-0.39, 0.29) is 5.91 Å². The number of rotatable bonds is 5. The molecule has 0 unspecified atom stereocenters. The summed E-state index contributed by atoms with van der Waals surface area (Å²) in [6.07, 6.45) is 4.42. The van der Waals surface area contributed by atoms with Crippen molar-refractivity contribution in [2.45, 2.75) is 19.9 Å². The summed E-state index contributed by atoms with van der Waals surface area (Å²) < 4.78 is 5.61. The smallest absolute Gasteiger partial charge is 0.251 e. The number of amides is 1. The van der Waals surface area contributed by atoms with Crippen molar-refractivity contribution in [2.75, 3.05) is 18.6 Å². The molecule has 0 saturated heterocycles. The van der Waals surface area contributed by atoms with E-state index in [0.29, 0.717) is 17.9 Å². The molecule has 30 heavy (non-hydrogen) atoms. The van der Waals surface area contributed by atoms with Gasteiger partial charge in [0, 0.05) is 42.7 Å². The zero-order valence-corrected chi connectivity index (χ0v) is 17.1. The number of carbonyl (C=O) groups excluding carboxylic acids is 1. The Kier molecular flexibility index (Phi) is 5.67. The summed E-state index contributed by atoms with van der Waals surface area (Å²) in [4.78, 5) is 18.7. The fourth-order valence-corrected chi connectivity index (χ4v) is 3.68. The van der Waals surface area contributed by atoms with Gasteiger partial charge in [0.05, 0.1) is 12.8 Å². The molecule has 0 bridgehead atoms. The molecule has 1 aliphatic heterocycles. The van der Waals surface area contributed by atoms with E-state index in [9.17, 15) is 4.79 Å². The molecule has 5 nitrogen and oxygen atoms in total. The maximum atomic E-state index is 12.6. The molecule has 5 heteroatoms. The molecule has 0 radical (unpaired) electrons. The molecule has 0 atom stereocenters. The van der Waals surface area contributed by atoms with Gasteiger partial charge >= 0.3 is 0 Å². The van der Waals surface area contributed by atoms with Gasteiger partial charge in [0.1, 0.15) is 5.75 Å². The summed E-state index contributed by atoms with van der Waals surface area (Å²) in [5.41, 5.74) is 5.98. The van der Waals surface area contributed by atoms with Gasteiger partial charge in [0.15, 0.2) is 0 Å². The largest absolute Gasteiger partial charge is 0.496 e. The Morgan fingerprint density at radius 2 is 2.13 bits per heavy atom. The van der Waals surface area contributed by atoms with Crippen LogP contribution in [-0.4, -0.2) is 24.5 Å². The number of aromatic nitrogens is 1. The SMILES string of the molecule is CC#CN1CCc2cc(-c3ccc(C(=O)NCc4cccnc4)cc3OC)ccc21. The molecule has 2 heterocycles. The Morgan fingerprint density at radius 1 is 1.23 bits per heavy atom. The highest BCUT2D eigenvalue weighted by Gasteiger charge is 2.19. The lowest BCUT2D eigenvalue weighted by atomic mass is 9.99. The number of ether oxygens (including phenoxy) is 1. The number of nitrogens with one attached hydrogen (secondary N) is 1. The van der Waals surface area contributed by atoms with Crippen molar-refractivity contribution in [3.63, 3.8) is 0 Å². The fraction of sp³-hybridized carbons (Fsp3) is 0.200. The first-order chi connectivity index (χ1) is 14.7. The minimum Gasteiger partial charge on any atom is -0.496 e. The minimum atomic E-state index is -0.147. The minimum absolute atomic E-state index is 0.147. The van der Waals surface area contributed by atoms with Crippen molar-refractivity contribution >= 4 is 11.6 Å².